The minimum Gasteiger partial charge on any atom is -0.461 e. The molecule has 0 atom stereocenters. The van der Waals surface area contributed by atoms with Gasteiger partial charge in [0.05, 0.1) is 10.5 Å². The Morgan fingerprint density at radius 1 is 1.29 bits per heavy atom. The van der Waals surface area contributed by atoms with E-state index < -0.39 is 10.9 Å². The maximum atomic E-state index is 12.0. The van der Waals surface area contributed by atoms with Crippen molar-refractivity contribution in [2.75, 3.05) is 24.7 Å². The molecule has 0 fully saturated rings. The van der Waals surface area contributed by atoms with E-state index in [1.807, 2.05) is 12.1 Å². The van der Waals surface area contributed by atoms with Crippen LogP contribution in [0.4, 0.5) is 11.4 Å². The molecule has 0 heterocycles. The number of nitro groups is 1. The first-order valence-corrected chi connectivity index (χ1v) is 8.39. The van der Waals surface area contributed by atoms with Gasteiger partial charge < -0.3 is 10.1 Å². The topological polar surface area (TPSA) is 81.5 Å². The Balaban J connectivity index is 1.89. The Labute approximate surface area is 148 Å². The number of rotatable bonds is 7. The van der Waals surface area contributed by atoms with Gasteiger partial charge in [-0.2, -0.15) is 0 Å². The molecule has 0 aliphatic heterocycles. The summed E-state index contributed by atoms with van der Waals surface area (Å²) in [6.45, 7) is 0.202. The van der Waals surface area contributed by atoms with Gasteiger partial charge >= 0.3 is 5.97 Å². The van der Waals surface area contributed by atoms with Gasteiger partial charge in [0.2, 0.25) is 0 Å². The fraction of sp³-hybridized carbons (Fsp3) is 0.188. The van der Waals surface area contributed by atoms with Gasteiger partial charge in [0.15, 0.2) is 0 Å². The summed E-state index contributed by atoms with van der Waals surface area (Å²) in [7, 11) is 1.58. The number of carbonyl (C=O) groups is 1. The predicted molar refractivity (Wildman–Crippen MR) is 95.1 cm³/mol. The third-order valence-electron chi connectivity index (χ3n) is 3.10. The minimum absolute atomic E-state index is 0.150. The highest BCUT2D eigenvalue weighted by atomic mass is 35.5. The summed E-state index contributed by atoms with van der Waals surface area (Å²) in [5.74, 6) is -0.0122. The number of benzene rings is 2. The number of esters is 1. The van der Waals surface area contributed by atoms with E-state index in [4.69, 9.17) is 16.3 Å². The van der Waals surface area contributed by atoms with E-state index >= 15 is 0 Å². The fourth-order valence-electron chi connectivity index (χ4n) is 1.93. The van der Waals surface area contributed by atoms with E-state index in [0.717, 1.165) is 4.90 Å². The van der Waals surface area contributed by atoms with Gasteiger partial charge in [-0.1, -0.05) is 11.6 Å². The summed E-state index contributed by atoms with van der Waals surface area (Å²) in [5, 5.41) is 14.4. The van der Waals surface area contributed by atoms with E-state index in [9.17, 15) is 14.9 Å². The molecule has 2 aromatic rings. The number of thioether (sulfide) groups is 1. The second-order valence-electron chi connectivity index (χ2n) is 4.68. The third-order valence-corrected chi connectivity index (χ3v) is 4.33. The smallest absolute Gasteiger partial charge is 0.338 e. The summed E-state index contributed by atoms with van der Waals surface area (Å²) < 4.78 is 5.15. The van der Waals surface area contributed by atoms with Crippen LogP contribution in [0, 0.1) is 10.1 Å². The molecular formula is C16H15ClN2O4S. The molecule has 0 unspecified atom stereocenters. The summed E-state index contributed by atoms with van der Waals surface area (Å²) >= 11 is 7.33. The van der Waals surface area contributed by atoms with Crippen molar-refractivity contribution in [1.82, 2.24) is 0 Å². The van der Waals surface area contributed by atoms with Crippen LogP contribution < -0.4 is 5.32 Å². The number of halogens is 1. The second-order valence-corrected chi connectivity index (χ2v) is 6.28. The third kappa shape index (κ3) is 4.87. The molecule has 0 saturated heterocycles. The highest BCUT2D eigenvalue weighted by Gasteiger charge is 2.17. The standard InChI is InChI=1S/C16H15ClN2O4S/c1-18-14-7-2-11(10-15(14)19(21)22)16(20)23-8-9-24-13-5-3-12(17)4-6-13/h2-7,10,18H,8-9H2,1H3. The summed E-state index contributed by atoms with van der Waals surface area (Å²) in [5.41, 5.74) is 0.328. The van der Waals surface area contributed by atoms with Crippen molar-refractivity contribution in [3.05, 3.63) is 63.2 Å². The molecule has 1 N–H and O–H groups in total. The summed E-state index contributed by atoms with van der Waals surface area (Å²) in [6, 6.07) is 11.5. The normalized spacial score (nSPS) is 10.2. The van der Waals surface area contributed by atoms with E-state index in [-0.39, 0.29) is 17.9 Å². The van der Waals surface area contributed by atoms with E-state index in [0.29, 0.717) is 16.5 Å². The molecule has 0 saturated carbocycles. The molecule has 2 aromatic carbocycles. The second kappa shape index (κ2) is 8.56. The maximum absolute atomic E-state index is 12.0. The van der Waals surface area contributed by atoms with Gasteiger partial charge in [-0.25, -0.2) is 4.79 Å². The Hall–Kier alpha value is -2.25. The lowest BCUT2D eigenvalue weighted by atomic mass is 10.1. The average Bonchev–Trinajstić information content (AvgIpc) is 2.59. The number of ether oxygens (including phenoxy) is 1. The maximum Gasteiger partial charge on any atom is 0.338 e. The fourth-order valence-corrected chi connectivity index (χ4v) is 2.79. The molecule has 0 aromatic heterocycles. The first-order chi connectivity index (χ1) is 11.5. The van der Waals surface area contributed by atoms with Crippen molar-refractivity contribution in [3.8, 4) is 0 Å². The highest BCUT2D eigenvalue weighted by molar-refractivity contribution is 7.99. The number of nitro benzene ring substituents is 1. The molecule has 6 nitrogen and oxygen atoms in total. The van der Waals surface area contributed by atoms with Crippen molar-refractivity contribution >= 4 is 40.7 Å². The molecule has 0 radical (unpaired) electrons. The molecule has 0 aliphatic rings. The Morgan fingerprint density at radius 2 is 2.00 bits per heavy atom. The minimum atomic E-state index is -0.586. The molecule has 0 spiro atoms. The SMILES string of the molecule is CNc1ccc(C(=O)OCCSc2ccc(Cl)cc2)cc1[N+](=O)[O-]. The Morgan fingerprint density at radius 3 is 2.62 bits per heavy atom. The highest BCUT2D eigenvalue weighted by Crippen LogP contribution is 2.25. The molecule has 0 aliphatic carbocycles. The van der Waals surface area contributed by atoms with Crippen LogP contribution in [0.3, 0.4) is 0 Å². The van der Waals surface area contributed by atoms with Crippen LogP contribution in [0.5, 0.6) is 0 Å². The number of nitrogens with one attached hydrogen (secondary N) is 1. The predicted octanol–water partition coefficient (Wildman–Crippen LogP) is 4.24. The quantitative estimate of drug-likeness (QED) is 0.259. The van der Waals surface area contributed by atoms with Gasteiger partial charge in [-0.3, -0.25) is 10.1 Å². The van der Waals surface area contributed by atoms with Crippen molar-refractivity contribution in [2.24, 2.45) is 0 Å². The van der Waals surface area contributed by atoms with Crippen LogP contribution in [-0.4, -0.2) is 30.3 Å². The van der Waals surface area contributed by atoms with Gasteiger partial charge in [-0.05, 0) is 36.4 Å². The lowest BCUT2D eigenvalue weighted by Gasteiger charge is -2.07. The van der Waals surface area contributed by atoms with E-state index in [2.05, 4.69) is 5.32 Å². The zero-order chi connectivity index (χ0) is 17.5. The molecule has 24 heavy (non-hydrogen) atoms. The van der Waals surface area contributed by atoms with Crippen LogP contribution in [-0.2, 0) is 4.74 Å². The first-order valence-electron chi connectivity index (χ1n) is 7.03. The average molecular weight is 367 g/mol. The summed E-state index contributed by atoms with van der Waals surface area (Å²) in [6.07, 6.45) is 0. The molecular weight excluding hydrogens is 352 g/mol. The first kappa shape index (κ1) is 18.1. The number of nitrogens with zero attached hydrogens (tertiary/aromatic N) is 1. The van der Waals surface area contributed by atoms with Crippen LogP contribution in [0.2, 0.25) is 5.02 Å². The molecule has 126 valence electrons. The van der Waals surface area contributed by atoms with Crippen LogP contribution in [0.25, 0.3) is 0 Å². The molecule has 0 bridgehead atoms. The van der Waals surface area contributed by atoms with Crippen molar-refractivity contribution in [3.63, 3.8) is 0 Å². The van der Waals surface area contributed by atoms with Crippen molar-refractivity contribution in [2.45, 2.75) is 4.90 Å². The monoisotopic (exact) mass is 366 g/mol. The number of anilines is 1. The number of carbonyl (C=O) groups excluding carboxylic acids is 1. The molecule has 2 rings (SSSR count). The lowest BCUT2D eigenvalue weighted by molar-refractivity contribution is -0.384. The van der Waals surface area contributed by atoms with Gasteiger partial charge in [0, 0.05) is 28.8 Å². The van der Waals surface area contributed by atoms with Crippen LogP contribution >= 0.6 is 23.4 Å². The lowest BCUT2D eigenvalue weighted by Crippen LogP contribution is -2.09. The van der Waals surface area contributed by atoms with Crippen LogP contribution in [0.15, 0.2) is 47.4 Å². The molecule has 8 heteroatoms. The van der Waals surface area contributed by atoms with Gasteiger partial charge in [0.25, 0.3) is 5.69 Å². The number of hydrogen-bond donors (Lipinski definition) is 1. The molecule has 0 amide bonds. The van der Waals surface area contributed by atoms with Crippen LogP contribution in [0.1, 0.15) is 10.4 Å². The Bertz CT molecular complexity index is 737. The zero-order valence-electron chi connectivity index (χ0n) is 12.8. The zero-order valence-corrected chi connectivity index (χ0v) is 14.4. The van der Waals surface area contributed by atoms with E-state index in [1.165, 1.54) is 30.0 Å². The van der Waals surface area contributed by atoms with E-state index in [1.54, 1.807) is 19.2 Å². The largest absolute Gasteiger partial charge is 0.461 e. The van der Waals surface area contributed by atoms with Crippen molar-refractivity contribution in [1.29, 1.82) is 0 Å². The number of hydrogen-bond acceptors (Lipinski definition) is 6. The van der Waals surface area contributed by atoms with Gasteiger partial charge in [-0.15, -0.1) is 11.8 Å². The van der Waals surface area contributed by atoms with Gasteiger partial charge in [0.1, 0.15) is 12.3 Å². The van der Waals surface area contributed by atoms with Crippen molar-refractivity contribution < 1.29 is 14.5 Å². The Kier molecular flexibility index (Phi) is 6.45. The summed E-state index contributed by atoms with van der Waals surface area (Å²) in [4.78, 5) is 23.5.